The average molecular weight is 204 g/mol. The van der Waals surface area contributed by atoms with Gasteiger partial charge in [-0.3, -0.25) is 4.79 Å². The summed E-state index contributed by atoms with van der Waals surface area (Å²) in [6.07, 6.45) is 1.85. The van der Waals surface area contributed by atoms with E-state index in [1.165, 1.54) is 0 Å². The summed E-state index contributed by atoms with van der Waals surface area (Å²) >= 11 is 0. The molecule has 0 rings (SSSR count). The Morgan fingerprint density at radius 3 is 2.46 bits per heavy atom. The minimum absolute atomic E-state index is 0.105. The lowest BCUT2D eigenvalue weighted by atomic mass is 10.2. The van der Waals surface area contributed by atoms with Crippen LogP contribution in [0.4, 0.5) is 0 Å². The molecule has 0 aliphatic carbocycles. The van der Waals surface area contributed by atoms with Gasteiger partial charge in [0.1, 0.15) is 0 Å². The van der Waals surface area contributed by atoms with E-state index in [0.717, 1.165) is 12.5 Å². The zero-order valence-electron chi connectivity index (χ0n) is 8.80. The highest BCUT2D eigenvalue weighted by molar-refractivity contribution is 6.72. The average Bonchev–Trinajstić information content (AvgIpc) is 2.04. The van der Waals surface area contributed by atoms with E-state index in [0.29, 0.717) is 12.8 Å². The molecular formula is C9H20O3Si. The molecule has 0 aromatic heterocycles. The second-order valence-electron chi connectivity index (χ2n) is 3.77. The van der Waals surface area contributed by atoms with Crippen molar-refractivity contribution in [2.75, 3.05) is 6.61 Å². The van der Waals surface area contributed by atoms with E-state index in [2.05, 4.69) is 0 Å². The fourth-order valence-corrected chi connectivity index (χ4v) is 1.68. The molecule has 0 radical (unpaired) electrons. The Hall–Kier alpha value is -0.353. The van der Waals surface area contributed by atoms with Crippen LogP contribution in [0, 0.1) is 0 Å². The molecule has 13 heavy (non-hydrogen) atoms. The van der Waals surface area contributed by atoms with E-state index in [1.54, 1.807) is 0 Å². The summed E-state index contributed by atoms with van der Waals surface area (Å²) in [4.78, 5) is 11.2. The van der Waals surface area contributed by atoms with Crippen LogP contribution >= 0.6 is 0 Å². The van der Waals surface area contributed by atoms with Gasteiger partial charge in [0.2, 0.25) is 8.32 Å². The van der Waals surface area contributed by atoms with Crippen LogP contribution in [0.25, 0.3) is 0 Å². The van der Waals surface area contributed by atoms with Crippen LogP contribution < -0.4 is 0 Å². The number of hydrogen-bond donors (Lipinski definition) is 1. The fourth-order valence-electron chi connectivity index (χ4n) is 0.813. The molecule has 0 saturated heterocycles. The standard InChI is InChI=1S/C9H20O3Si/c1-4-13(2,3)12-9(11)7-5-6-8-10/h10H,4-8H2,1-3H3. The Morgan fingerprint density at radius 2 is 2.00 bits per heavy atom. The van der Waals surface area contributed by atoms with Gasteiger partial charge in [0.15, 0.2) is 0 Å². The van der Waals surface area contributed by atoms with Crippen molar-refractivity contribution >= 4 is 14.3 Å². The van der Waals surface area contributed by atoms with Crippen molar-refractivity contribution in [1.82, 2.24) is 0 Å². The van der Waals surface area contributed by atoms with Gasteiger partial charge in [-0.25, -0.2) is 0 Å². The summed E-state index contributed by atoms with van der Waals surface area (Å²) < 4.78 is 5.35. The largest absolute Gasteiger partial charge is 0.520 e. The summed E-state index contributed by atoms with van der Waals surface area (Å²) in [5.41, 5.74) is 0. The summed E-state index contributed by atoms with van der Waals surface area (Å²) in [6.45, 7) is 6.28. The predicted molar refractivity (Wildman–Crippen MR) is 55.0 cm³/mol. The molecule has 4 heteroatoms. The van der Waals surface area contributed by atoms with Gasteiger partial charge < -0.3 is 9.53 Å². The maximum absolute atomic E-state index is 11.2. The molecule has 0 saturated carbocycles. The van der Waals surface area contributed by atoms with E-state index in [9.17, 15) is 4.79 Å². The molecule has 3 nitrogen and oxygen atoms in total. The zero-order valence-corrected chi connectivity index (χ0v) is 9.80. The second-order valence-corrected chi connectivity index (χ2v) is 8.20. The molecule has 0 aliphatic rings. The van der Waals surface area contributed by atoms with E-state index in [1.807, 2.05) is 20.0 Å². The van der Waals surface area contributed by atoms with Crippen molar-refractivity contribution in [3.05, 3.63) is 0 Å². The van der Waals surface area contributed by atoms with Gasteiger partial charge in [0.05, 0.1) is 0 Å². The molecule has 0 spiro atoms. The van der Waals surface area contributed by atoms with Crippen LogP contribution in [0.15, 0.2) is 0 Å². The molecule has 0 amide bonds. The lowest BCUT2D eigenvalue weighted by Crippen LogP contribution is -2.32. The minimum atomic E-state index is -1.71. The number of rotatable bonds is 6. The molecular weight excluding hydrogens is 184 g/mol. The lowest BCUT2D eigenvalue weighted by Gasteiger charge is -2.20. The van der Waals surface area contributed by atoms with Crippen molar-refractivity contribution in [1.29, 1.82) is 0 Å². The highest BCUT2D eigenvalue weighted by Gasteiger charge is 2.23. The van der Waals surface area contributed by atoms with Crippen LogP contribution in [-0.4, -0.2) is 26.0 Å². The Labute approximate surface area is 81.2 Å². The molecule has 0 atom stereocenters. The third-order valence-corrected chi connectivity index (χ3v) is 4.51. The first-order valence-corrected chi connectivity index (χ1v) is 7.96. The van der Waals surface area contributed by atoms with Crippen molar-refractivity contribution in [3.63, 3.8) is 0 Å². The summed E-state index contributed by atoms with van der Waals surface area (Å²) in [5, 5.41) is 8.51. The quantitative estimate of drug-likeness (QED) is 0.531. The molecule has 0 aliphatic heterocycles. The lowest BCUT2D eigenvalue weighted by molar-refractivity contribution is -0.135. The Morgan fingerprint density at radius 1 is 1.38 bits per heavy atom. The van der Waals surface area contributed by atoms with Gasteiger partial charge in [-0.05, 0) is 32.0 Å². The fraction of sp³-hybridized carbons (Fsp3) is 0.889. The van der Waals surface area contributed by atoms with Crippen molar-refractivity contribution in [2.24, 2.45) is 0 Å². The van der Waals surface area contributed by atoms with Crippen LogP contribution in [-0.2, 0) is 9.22 Å². The molecule has 0 fully saturated rings. The maximum Gasteiger partial charge on any atom is 0.292 e. The number of aliphatic hydroxyl groups is 1. The van der Waals surface area contributed by atoms with Gasteiger partial charge in [-0.2, -0.15) is 0 Å². The normalized spacial score (nSPS) is 11.4. The van der Waals surface area contributed by atoms with Crippen LogP contribution in [0.3, 0.4) is 0 Å². The topological polar surface area (TPSA) is 46.5 Å². The van der Waals surface area contributed by atoms with Gasteiger partial charge in [-0.1, -0.05) is 6.92 Å². The smallest absolute Gasteiger partial charge is 0.292 e. The minimum Gasteiger partial charge on any atom is -0.520 e. The van der Waals surface area contributed by atoms with E-state index < -0.39 is 8.32 Å². The maximum atomic E-state index is 11.2. The summed E-state index contributed by atoms with van der Waals surface area (Å²) in [7, 11) is -1.71. The van der Waals surface area contributed by atoms with Gasteiger partial charge in [-0.15, -0.1) is 0 Å². The molecule has 0 bridgehead atoms. The highest BCUT2D eigenvalue weighted by Crippen LogP contribution is 2.11. The Kier molecular flexibility index (Phi) is 5.99. The first-order valence-electron chi connectivity index (χ1n) is 4.84. The van der Waals surface area contributed by atoms with Crippen molar-refractivity contribution in [2.45, 2.75) is 45.3 Å². The van der Waals surface area contributed by atoms with Crippen LogP contribution in [0.1, 0.15) is 26.2 Å². The molecule has 0 aromatic carbocycles. The van der Waals surface area contributed by atoms with E-state index >= 15 is 0 Å². The highest BCUT2D eigenvalue weighted by atomic mass is 28.4. The number of unbranched alkanes of at least 4 members (excludes halogenated alkanes) is 1. The van der Waals surface area contributed by atoms with E-state index in [-0.39, 0.29) is 12.6 Å². The SMILES string of the molecule is CC[Si](C)(C)OC(=O)CCCCO. The van der Waals surface area contributed by atoms with Crippen LogP contribution in [0.5, 0.6) is 0 Å². The first kappa shape index (κ1) is 12.6. The van der Waals surface area contributed by atoms with Crippen molar-refractivity contribution in [3.8, 4) is 0 Å². The predicted octanol–water partition coefficient (Wildman–Crippen LogP) is 1.92. The van der Waals surface area contributed by atoms with E-state index in [4.69, 9.17) is 9.53 Å². The number of carbonyl (C=O) groups excluding carboxylic acids is 1. The van der Waals surface area contributed by atoms with Gasteiger partial charge >= 0.3 is 0 Å². The van der Waals surface area contributed by atoms with Crippen molar-refractivity contribution < 1.29 is 14.3 Å². The summed E-state index contributed by atoms with van der Waals surface area (Å²) in [5.74, 6) is -0.105. The summed E-state index contributed by atoms with van der Waals surface area (Å²) in [6, 6.07) is 0.957. The number of aliphatic hydroxyl groups excluding tert-OH is 1. The molecule has 78 valence electrons. The van der Waals surface area contributed by atoms with Crippen LogP contribution in [0.2, 0.25) is 19.1 Å². The van der Waals surface area contributed by atoms with Gasteiger partial charge in [0.25, 0.3) is 5.97 Å². The molecule has 0 aromatic rings. The van der Waals surface area contributed by atoms with Gasteiger partial charge in [0, 0.05) is 13.0 Å². The number of hydrogen-bond acceptors (Lipinski definition) is 3. The third-order valence-electron chi connectivity index (χ3n) is 2.03. The monoisotopic (exact) mass is 204 g/mol. The Balaban J connectivity index is 3.62. The molecule has 0 heterocycles. The molecule has 0 unspecified atom stereocenters. The molecule has 1 N–H and O–H groups in total. The number of carbonyl (C=O) groups is 1. The third kappa shape index (κ3) is 6.78. The first-order chi connectivity index (χ1) is 6.02. The second kappa shape index (κ2) is 6.15. The Bertz CT molecular complexity index is 157. The zero-order chi connectivity index (χ0) is 10.3.